The van der Waals surface area contributed by atoms with Crippen LogP contribution >= 0.6 is 11.8 Å². The predicted octanol–water partition coefficient (Wildman–Crippen LogP) is 3.27. The molecule has 1 atom stereocenters. The number of nitrogens with zero attached hydrogens (tertiary/aromatic N) is 3. The zero-order valence-electron chi connectivity index (χ0n) is 11.0. The summed E-state index contributed by atoms with van der Waals surface area (Å²) in [6, 6.07) is 10.4. The van der Waals surface area contributed by atoms with E-state index in [4.69, 9.17) is 5.26 Å². The standard InChI is InChI=1S/C14H17N3S/c1-4-17(10-11(2)8-15)13-6-5-7-14(18-3)12(13)9-16/h5-7,11H,4,10H2,1-3H3. The number of rotatable bonds is 5. The molecule has 0 aromatic heterocycles. The van der Waals surface area contributed by atoms with Crippen molar-refractivity contribution in [2.24, 2.45) is 5.92 Å². The minimum Gasteiger partial charge on any atom is -0.369 e. The van der Waals surface area contributed by atoms with Crippen molar-refractivity contribution in [3.8, 4) is 12.1 Å². The molecule has 0 radical (unpaired) electrons. The number of hydrogen-bond acceptors (Lipinski definition) is 4. The van der Waals surface area contributed by atoms with Crippen LogP contribution in [-0.2, 0) is 0 Å². The van der Waals surface area contributed by atoms with Crippen molar-refractivity contribution in [1.29, 1.82) is 10.5 Å². The van der Waals surface area contributed by atoms with E-state index >= 15 is 0 Å². The topological polar surface area (TPSA) is 50.8 Å². The number of benzene rings is 1. The third-order valence-corrected chi connectivity index (χ3v) is 3.55. The van der Waals surface area contributed by atoms with Gasteiger partial charge in [-0.05, 0) is 32.2 Å². The second-order valence-electron chi connectivity index (χ2n) is 4.03. The third-order valence-electron chi connectivity index (χ3n) is 2.77. The Morgan fingerprint density at radius 2 is 2.11 bits per heavy atom. The smallest absolute Gasteiger partial charge is 0.103 e. The second kappa shape index (κ2) is 6.93. The summed E-state index contributed by atoms with van der Waals surface area (Å²) in [6.07, 6.45) is 1.97. The fourth-order valence-corrected chi connectivity index (χ4v) is 2.40. The molecule has 1 aromatic carbocycles. The molecule has 4 heteroatoms. The minimum absolute atomic E-state index is 0.0468. The van der Waals surface area contributed by atoms with Crippen molar-refractivity contribution < 1.29 is 0 Å². The Kier molecular flexibility index (Phi) is 5.55. The molecule has 0 saturated carbocycles. The lowest BCUT2D eigenvalue weighted by molar-refractivity contribution is 0.685. The zero-order chi connectivity index (χ0) is 13.5. The molecule has 0 aliphatic heterocycles. The Morgan fingerprint density at radius 1 is 1.39 bits per heavy atom. The van der Waals surface area contributed by atoms with E-state index in [-0.39, 0.29) is 5.92 Å². The Hall–Kier alpha value is -1.65. The fourth-order valence-electron chi connectivity index (χ4n) is 1.83. The summed E-state index contributed by atoms with van der Waals surface area (Å²) in [5, 5.41) is 18.2. The lowest BCUT2D eigenvalue weighted by Crippen LogP contribution is -2.28. The fraction of sp³-hybridized carbons (Fsp3) is 0.429. The molecule has 0 aliphatic rings. The van der Waals surface area contributed by atoms with E-state index in [0.717, 1.165) is 17.1 Å². The number of thioether (sulfide) groups is 1. The molecule has 0 saturated heterocycles. The highest BCUT2D eigenvalue weighted by Gasteiger charge is 2.15. The molecule has 94 valence electrons. The summed E-state index contributed by atoms with van der Waals surface area (Å²) in [6.45, 7) is 5.38. The van der Waals surface area contributed by atoms with Gasteiger partial charge in [-0.1, -0.05) is 6.07 Å². The molecule has 0 heterocycles. The second-order valence-corrected chi connectivity index (χ2v) is 4.88. The lowest BCUT2D eigenvalue weighted by Gasteiger charge is -2.25. The van der Waals surface area contributed by atoms with Gasteiger partial charge >= 0.3 is 0 Å². The van der Waals surface area contributed by atoms with Gasteiger partial charge < -0.3 is 4.90 Å². The first-order chi connectivity index (χ1) is 8.67. The van der Waals surface area contributed by atoms with Gasteiger partial charge in [0, 0.05) is 18.0 Å². The zero-order valence-corrected chi connectivity index (χ0v) is 11.8. The van der Waals surface area contributed by atoms with Crippen LogP contribution in [-0.4, -0.2) is 19.3 Å². The van der Waals surface area contributed by atoms with Crippen LogP contribution in [0.5, 0.6) is 0 Å². The maximum Gasteiger partial charge on any atom is 0.103 e. The van der Waals surface area contributed by atoms with Gasteiger partial charge in [0.15, 0.2) is 0 Å². The van der Waals surface area contributed by atoms with Gasteiger partial charge in [0.25, 0.3) is 0 Å². The molecule has 0 fully saturated rings. The molecular weight excluding hydrogens is 242 g/mol. The van der Waals surface area contributed by atoms with Gasteiger partial charge in [-0.2, -0.15) is 10.5 Å². The van der Waals surface area contributed by atoms with Gasteiger partial charge in [-0.25, -0.2) is 0 Å². The molecule has 0 aliphatic carbocycles. The molecule has 0 spiro atoms. The molecule has 0 N–H and O–H groups in total. The number of hydrogen-bond donors (Lipinski definition) is 0. The van der Waals surface area contributed by atoms with Crippen molar-refractivity contribution in [2.75, 3.05) is 24.2 Å². The van der Waals surface area contributed by atoms with Crippen molar-refractivity contribution in [3.05, 3.63) is 23.8 Å². The van der Waals surface area contributed by atoms with Crippen LogP contribution < -0.4 is 4.90 Å². The van der Waals surface area contributed by atoms with Gasteiger partial charge in [0.05, 0.1) is 23.2 Å². The van der Waals surface area contributed by atoms with Crippen molar-refractivity contribution in [3.63, 3.8) is 0 Å². The van der Waals surface area contributed by atoms with Crippen LogP contribution in [0.1, 0.15) is 19.4 Å². The number of nitriles is 2. The Bertz CT molecular complexity index is 485. The van der Waals surface area contributed by atoms with Crippen molar-refractivity contribution >= 4 is 17.4 Å². The molecule has 0 amide bonds. The van der Waals surface area contributed by atoms with Crippen LogP contribution in [0.4, 0.5) is 5.69 Å². The monoisotopic (exact) mass is 259 g/mol. The van der Waals surface area contributed by atoms with E-state index in [1.165, 1.54) is 0 Å². The Labute approximate surface area is 113 Å². The highest BCUT2D eigenvalue weighted by molar-refractivity contribution is 7.98. The maximum absolute atomic E-state index is 9.31. The van der Waals surface area contributed by atoms with Crippen LogP contribution in [0.2, 0.25) is 0 Å². The van der Waals surface area contributed by atoms with Crippen LogP contribution in [0.3, 0.4) is 0 Å². The molecule has 1 unspecified atom stereocenters. The molecule has 0 bridgehead atoms. The van der Waals surface area contributed by atoms with Crippen LogP contribution in [0.25, 0.3) is 0 Å². The van der Waals surface area contributed by atoms with Gasteiger partial charge in [-0.15, -0.1) is 11.8 Å². The van der Waals surface area contributed by atoms with Gasteiger partial charge in [0.1, 0.15) is 6.07 Å². The van der Waals surface area contributed by atoms with E-state index in [1.54, 1.807) is 11.8 Å². The van der Waals surface area contributed by atoms with Gasteiger partial charge in [0.2, 0.25) is 0 Å². The molecule has 1 rings (SSSR count). The van der Waals surface area contributed by atoms with E-state index in [2.05, 4.69) is 17.0 Å². The minimum atomic E-state index is -0.0468. The van der Waals surface area contributed by atoms with Crippen molar-refractivity contribution in [1.82, 2.24) is 0 Å². The summed E-state index contributed by atoms with van der Waals surface area (Å²) in [7, 11) is 0. The molecular formula is C14H17N3S. The lowest BCUT2D eigenvalue weighted by atomic mass is 10.1. The average molecular weight is 259 g/mol. The first-order valence-corrected chi connectivity index (χ1v) is 7.12. The first kappa shape index (κ1) is 14.4. The predicted molar refractivity (Wildman–Crippen MR) is 75.6 cm³/mol. The highest BCUT2D eigenvalue weighted by Crippen LogP contribution is 2.29. The van der Waals surface area contributed by atoms with Gasteiger partial charge in [-0.3, -0.25) is 0 Å². The summed E-state index contributed by atoms with van der Waals surface area (Å²) >= 11 is 1.57. The van der Waals surface area contributed by atoms with E-state index in [9.17, 15) is 5.26 Å². The normalized spacial score (nSPS) is 11.4. The Balaban J connectivity index is 3.14. The maximum atomic E-state index is 9.31. The summed E-state index contributed by atoms with van der Waals surface area (Å²) in [5.74, 6) is -0.0468. The molecule has 3 nitrogen and oxygen atoms in total. The molecule has 18 heavy (non-hydrogen) atoms. The Morgan fingerprint density at radius 3 is 2.61 bits per heavy atom. The first-order valence-electron chi connectivity index (χ1n) is 5.89. The van der Waals surface area contributed by atoms with E-state index in [1.807, 2.05) is 38.3 Å². The average Bonchev–Trinajstić information content (AvgIpc) is 2.43. The highest BCUT2D eigenvalue weighted by atomic mass is 32.2. The SMILES string of the molecule is CCN(CC(C)C#N)c1cccc(SC)c1C#N. The largest absolute Gasteiger partial charge is 0.369 e. The van der Waals surface area contributed by atoms with Crippen LogP contribution in [0.15, 0.2) is 23.1 Å². The van der Waals surface area contributed by atoms with Crippen LogP contribution in [0, 0.1) is 28.6 Å². The van der Waals surface area contributed by atoms with E-state index in [0.29, 0.717) is 12.1 Å². The summed E-state index contributed by atoms with van der Waals surface area (Å²) < 4.78 is 0. The number of anilines is 1. The molecule has 1 aromatic rings. The summed E-state index contributed by atoms with van der Waals surface area (Å²) in [4.78, 5) is 3.07. The quantitative estimate of drug-likeness (QED) is 0.761. The van der Waals surface area contributed by atoms with E-state index < -0.39 is 0 Å². The third kappa shape index (κ3) is 3.18. The summed E-state index contributed by atoms with van der Waals surface area (Å²) in [5.41, 5.74) is 1.63. The van der Waals surface area contributed by atoms with Crippen molar-refractivity contribution in [2.45, 2.75) is 18.7 Å².